The van der Waals surface area contributed by atoms with Crippen LogP contribution in [0.2, 0.25) is 0 Å². The first-order chi connectivity index (χ1) is 11.9. The van der Waals surface area contributed by atoms with Crippen LogP contribution in [-0.2, 0) is 19.4 Å². The van der Waals surface area contributed by atoms with Gasteiger partial charge in [0, 0.05) is 12.8 Å². The second-order valence-corrected chi connectivity index (χ2v) is 7.55. The van der Waals surface area contributed by atoms with Gasteiger partial charge in [-0.3, -0.25) is 4.79 Å². The molecule has 1 aliphatic heterocycles. The van der Waals surface area contributed by atoms with Gasteiger partial charge in [-0.25, -0.2) is 4.98 Å². The van der Waals surface area contributed by atoms with E-state index < -0.39 is 0 Å². The molecule has 25 heavy (non-hydrogen) atoms. The molecule has 2 heterocycles. The Morgan fingerprint density at radius 1 is 1.36 bits per heavy atom. The smallest absolute Gasteiger partial charge is 0.260 e. The van der Waals surface area contributed by atoms with Crippen molar-refractivity contribution in [3.63, 3.8) is 0 Å². The summed E-state index contributed by atoms with van der Waals surface area (Å²) in [7, 11) is 0. The summed E-state index contributed by atoms with van der Waals surface area (Å²) in [6.07, 6.45) is 1.11. The van der Waals surface area contributed by atoms with Gasteiger partial charge < -0.3 is 15.0 Å². The molecule has 134 valence electrons. The third-order valence-corrected chi connectivity index (χ3v) is 5.01. The Bertz CT molecular complexity index is 798. The lowest BCUT2D eigenvalue weighted by atomic mass is 10.0. The highest BCUT2D eigenvalue weighted by Crippen LogP contribution is 2.10. The molecule has 3 N–H and O–H groups in total. The molecule has 2 aromatic rings. The van der Waals surface area contributed by atoms with Crippen LogP contribution in [0.3, 0.4) is 0 Å². The molecule has 0 aliphatic carbocycles. The highest BCUT2D eigenvalue weighted by Gasteiger charge is 2.26. The van der Waals surface area contributed by atoms with Crippen molar-refractivity contribution in [3.05, 3.63) is 62.8 Å². The SMILES string of the molecule is Cc1cccc(Cc2nc3c(c(=O)[nH]2)C[NH+](C[C@@H](O)C(C)C)CC3)c1. The zero-order valence-electron chi connectivity index (χ0n) is 15.3. The van der Waals surface area contributed by atoms with Crippen LogP contribution < -0.4 is 10.5 Å². The van der Waals surface area contributed by atoms with Crippen molar-refractivity contribution in [2.24, 2.45) is 5.92 Å². The number of hydrogen-bond acceptors (Lipinski definition) is 3. The van der Waals surface area contributed by atoms with Crippen LogP contribution in [0.15, 0.2) is 29.1 Å². The maximum Gasteiger partial charge on any atom is 0.260 e. The number of aryl methyl sites for hydroxylation is 1. The van der Waals surface area contributed by atoms with Crippen molar-refractivity contribution in [2.75, 3.05) is 13.1 Å². The number of nitrogens with zero attached hydrogens (tertiary/aromatic N) is 1. The molecule has 0 fully saturated rings. The standard InChI is InChI=1S/C20H27N3O2/c1-13(2)18(24)12-23-8-7-17-16(11-23)20(25)22-19(21-17)10-15-6-4-5-14(3)9-15/h4-6,9,13,18,24H,7-8,10-12H2,1-3H3,(H,21,22,25)/p+1/t18-/m1/s1. The molecule has 0 spiro atoms. The topological polar surface area (TPSA) is 70.4 Å². The highest BCUT2D eigenvalue weighted by molar-refractivity contribution is 5.26. The lowest BCUT2D eigenvalue weighted by molar-refractivity contribution is -0.919. The molecule has 1 aromatic heterocycles. The molecule has 1 aromatic carbocycles. The van der Waals surface area contributed by atoms with Gasteiger partial charge in [0.25, 0.3) is 5.56 Å². The summed E-state index contributed by atoms with van der Waals surface area (Å²) in [6, 6.07) is 8.28. The summed E-state index contributed by atoms with van der Waals surface area (Å²) in [5.74, 6) is 0.974. The van der Waals surface area contributed by atoms with E-state index in [1.165, 1.54) is 10.5 Å². The van der Waals surface area contributed by atoms with E-state index in [0.29, 0.717) is 19.5 Å². The summed E-state index contributed by atoms with van der Waals surface area (Å²) >= 11 is 0. The predicted octanol–water partition coefficient (Wildman–Crippen LogP) is 0.627. The number of aromatic amines is 1. The molecule has 3 rings (SSSR count). The van der Waals surface area contributed by atoms with Gasteiger partial charge in [0.2, 0.25) is 0 Å². The number of quaternary nitrogens is 1. The minimum absolute atomic E-state index is 0.0242. The number of aromatic nitrogens is 2. The summed E-state index contributed by atoms with van der Waals surface area (Å²) < 4.78 is 0. The van der Waals surface area contributed by atoms with Crippen LogP contribution in [0, 0.1) is 12.8 Å². The van der Waals surface area contributed by atoms with E-state index in [9.17, 15) is 9.90 Å². The molecule has 0 bridgehead atoms. The van der Waals surface area contributed by atoms with Gasteiger partial charge in [-0.05, 0) is 18.4 Å². The number of H-pyrrole nitrogens is 1. The number of aliphatic hydroxyl groups excluding tert-OH is 1. The zero-order valence-corrected chi connectivity index (χ0v) is 15.3. The number of hydrogen-bond donors (Lipinski definition) is 3. The Hall–Kier alpha value is -1.98. The number of rotatable bonds is 5. The van der Waals surface area contributed by atoms with Crippen molar-refractivity contribution in [1.29, 1.82) is 0 Å². The largest absolute Gasteiger partial charge is 0.387 e. The predicted molar refractivity (Wildman–Crippen MR) is 97.8 cm³/mol. The third-order valence-electron chi connectivity index (χ3n) is 5.01. The molecule has 1 unspecified atom stereocenters. The van der Waals surface area contributed by atoms with Crippen LogP contribution in [0.25, 0.3) is 0 Å². The number of fused-ring (bicyclic) bond motifs is 1. The van der Waals surface area contributed by atoms with E-state index in [4.69, 9.17) is 4.98 Å². The molecule has 0 saturated heterocycles. The molecule has 0 saturated carbocycles. The number of aliphatic hydroxyl groups is 1. The second-order valence-electron chi connectivity index (χ2n) is 7.55. The van der Waals surface area contributed by atoms with Crippen LogP contribution in [0.4, 0.5) is 0 Å². The Morgan fingerprint density at radius 3 is 2.88 bits per heavy atom. The fourth-order valence-corrected chi connectivity index (χ4v) is 3.42. The van der Waals surface area contributed by atoms with Crippen molar-refractivity contribution in [2.45, 2.75) is 46.3 Å². The minimum Gasteiger partial charge on any atom is -0.387 e. The third kappa shape index (κ3) is 4.35. The Labute approximate surface area is 148 Å². The van der Waals surface area contributed by atoms with Gasteiger partial charge >= 0.3 is 0 Å². The van der Waals surface area contributed by atoms with Crippen molar-refractivity contribution in [3.8, 4) is 0 Å². The van der Waals surface area contributed by atoms with Crippen LogP contribution in [0.1, 0.15) is 42.1 Å². The van der Waals surface area contributed by atoms with E-state index in [0.717, 1.165) is 35.6 Å². The van der Waals surface area contributed by atoms with E-state index in [-0.39, 0.29) is 17.6 Å². The van der Waals surface area contributed by atoms with E-state index in [1.54, 1.807) is 0 Å². The number of nitrogens with one attached hydrogen (secondary N) is 2. The van der Waals surface area contributed by atoms with E-state index in [1.807, 2.05) is 19.9 Å². The quantitative estimate of drug-likeness (QED) is 0.746. The highest BCUT2D eigenvalue weighted by atomic mass is 16.3. The molecule has 2 atom stereocenters. The van der Waals surface area contributed by atoms with Gasteiger partial charge in [-0.2, -0.15) is 0 Å². The first-order valence-corrected chi connectivity index (χ1v) is 9.10. The molecule has 5 heteroatoms. The summed E-state index contributed by atoms with van der Waals surface area (Å²) in [4.78, 5) is 21.5. The molecule has 0 amide bonds. The van der Waals surface area contributed by atoms with Gasteiger partial charge in [0.1, 0.15) is 25.0 Å². The van der Waals surface area contributed by atoms with Gasteiger partial charge in [-0.1, -0.05) is 43.7 Å². The molecule has 5 nitrogen and oxygen atoms in total. The summed E-state index contributed by atoms with van der Waals surface area (Å²) in [5, 5.41) is 10.1. The fraction of sp³-hybridized carbons (Fsp3) is 0.500. The van der Waals surface area contributed by atoms with Crippen molar-refractivity contribution in [1.82, 2.24) is 9.97 Å². The lowest BCUT2D eigenvalue weighted by Gasteiger charge is -2.27. The first kappa shape index (κ1) is 17.8. The zero-order chi connectivity index (χ0) is 18.0. The van der Waals surface area contributed by atoms with Crippen LogP contribution >= 0.6 is 0 Å². The van der Waals surface area contributed by atoms with Crippen molar-refractivity contribution < 1.29 is 10.0 Å². The molecule has 1 aliphatic rings. The molecular formula is C20H28N3O2+. The van der Waals surface area contributed by atoms with E-state index >= 15 is 0 Å². The maximum absolute atomic E-state index is 12.5. The Kier molecular flexibility index (Phi) is 5.35. The second kappa shape index (κ2) is 7.50. The van der Waals surface area contributed by atoms with E-state index in [2.05, 4.69) is 30.1 Å². The van der Waals surface area contributed by atoms with Crippen LogP contribution in [0.5, 0.6) is 0 Å². The molecular weight excluding hydrogens is 314 g/mol. The number of benzene rings is 1. The fourth-order valence-electron chi connectivity index (χ4n) is 3.42. The monoisotopic (exact) mass is 342 g/mol. The van der Waals surface area contributed by atoms with Gasteiger partial charge in [0.15, 0.2) is 0 Å². The van der Waals surface area contributed by atoms with Gasteiger partial charge in [0.05, 0.1) is 17.8 Å². The van der Waals surface area contributed by atoms with Gasteiger partial charge in [-0.15, -0.1) is 0 Å². The minimum atomic E-state index is -0.329. The Balaban J connectivity index is 1.76. The average molecular weight is 342 g/mol. The Morgan fingerprint density at radius 2 is 2.16 bits per heavy atom. The normalized spacial score (nSPS) is 18.2. The summed E-state index contributed by atoms with van der Waals surface area (Å²) in [6.45, 7) is 8.35. The average Bonchev–Trinajstić information content (AvgIpc) is 2.55. The summed E-state index contributed by atoms with van der Waals surface area (Å²) in [5.41, 5.74) is 4.05. The maximum atomic E-state index is 12.5. The lowest BCUT2D eigenvalue weighted by Crippen LogP contribution is -3.13. The van der Waals surface area contributed by atoms with Crippen molar-refractivity contribution >= 4 is 0 Å². The first-order valence-electron chi connectivity index (χ1n) is 9.10. The molecule has 0 radical (unpaired) electrons. The van der Waals surface area contributed by atoms with Crippen LogP contribution in [-0.4, -0.2) is 34.3 Å².